The highest BCUT2D eigenvalue weighted by Crippen LogP contribution is 2.51. The zero-order valence-electron chi connectivity index (χ0n) is 30.2. The number of carboxylic acid groups (broad SMARTS) is 1. The molecular formula is C39H40Cl2N6O8. The van der Waals surface area contributed by atoms with E-state index in [0.29, 0.717) is 71.3 Å². The number of fused-ring (bicyclic) bond motifs is 4. The molecule has 55 heavy (non-hydrogen) atoms. The SMILES string of the molecule is CC1(c2ccc(Cl)cn2)Oc2cccc(N3CCN(C(=O)O)C4COCC43)c2O1.CC1(c2ccc(Cl)cn2)Oc2cccc(N3CCN[C@H]4COC[C@H]43)c2O1. The standard InChI is InChI=1S/C20H20ClN3O5.C19H20ClN3O3/c1-20(17-6-5-12(21)9-22-17)28-16-4-2-3-13(18(16)29-20)23-7-8-24(19(25)26)15-11-27-10-14(15)23;1-19(17-6-5-12(20)9-22-17)25-16-4-2-3-14(18(16)26-19)23-8-7-21-13-10-24-11-15(13)23/h2-6,9,14-15H,7-8,10-11H2,1H3,(H,25,26);2-6,9,13,15,21H,7-8,10-11H2,1H3/t;13-,15+,19?/m.0/s1. The van der Waals surface area contributed by atoms with Crippen LogP contribution in [0.3, 0.4) is 0 Å². The average molecular weight is 792 g/mol. The molecule has 4 aromatic rings. The number of anilines is 2. The van der Waals surface area contributed by atoms with Crippen molar-refractivity contribution in [3.8, 4) is 23.0 Å². The Kier molecular flexibility index (Phi) is 9.21. The first-order chi connectivity index (χ1) is 26.6. The van der Waals surface area contributed by atoms with Gasteiger partial charge in [-0.15, -0.1) is 0 Å². The molecule has 0 saturated carbocycles. The number of pyridine rings is 2. The number of amides is 1. The molecule has 0 spiro atoms. The molecule has 2 N–H and O–H groups in total. The quantitative estimate of drug-likeness (QED) is 0.269. The average Bonchev–Trinajstić information content (AvgIpc) is 3.99. The van der Waals surface area contributed by atoms with Crippen molar-refractivity contribution in [1.82, 2.24) is 20.2 Å². The molecule has 4 saturated heterocycles. The largest absolute Gasteiger partial charge is 0.465 e. The molecule has 14 nitrogen and oxygen atoms in total. The number of halogens is 2. The zero-order chi connectivity index (χ0) is 37.9. The summed E-state index contributed by atoms with van der Waals surface area (Å²) in [6.45, 7) is 8.81. The fourth-order valence-corrected chi connectivity index (χ4v) is 8.49. The van der Waals surface area contributed by atoms with Crippen molar-refractivity contribution in [2.24, 2.45) is 0 Å². The second kappa shape index (κ2) is 14.1. The van der Waals surface area contributed by atoms with Gasteiger partial charge in [0.25, 0.3) is 11.6 Å². The van der Waals surface area contributed by atoms with Gasteiger partial charge in [0.15, 0.2) is 23.0 Å². The Balaban J connectivity index is 0.000000145. The van der Waals surface area contributed by atoms with Crippen LogP contribution < -0.4 is 34.1 Å². The molecule has 8 heterocycles. The second-order valence-corrected chi connectivity index (χ2v) is 15.3. The molecule has 0 bridgehead atoms. The lowest BCUT2D eigenvalue weighted by atomic mass is 10.0. The molecule has 16 heteroatoms. The lowest BCUT2D eigenvalue weighted by Crippen LogP contribution is -2.60. The van der Waals surface area contributed by atoms with Crippen LogP contribution in [0, 0.1) is 0 Å². The molecule has 288 valence electrons. The Morgan fingerprint density at radius 3 is 1.82 bits per heavy atom. The van der Waals surface area contributed by atoms with Gasteiger partial charge < -0.3 is 48.6 Å². The summed E-state index contributed by atoms with van der Waals surface area (Å²) in [5.74, 6) is 0.703. The molecule has 6 atom stereocenters. The van der Waals surface area contributed by atoms with Gasteiger partial charge in [-0.2, -0.15) is 0 Å². The maximum atomic E-state index is 11.6. The van der Waals surface area contributed by atoms with E-state index in [9.17, 15) is 9.90 Å². The van der Waals surface area contributed by atoms with E-state index in [1.807, 2.05) is 50.2 Å². The Bertz CT molecular complexity index is 2080. The number of hydrogen-bond acceptors (Lipinski definition) is 12. The topological polar surface area (TPSA) is 140 Å². The van der Waals surface area contributed by atoms with Crippen LogP contribution in [0.1, 0.15) is 25.2 Å². The van der Waals surface area contributed by atoms with Crippen LogP contribution in [0.25, 0.3) is 0 Å². The lowest BCUT2D eigenvalue weighted by molar-refractivity contribution is -0.0720. The van der Waals surface area contributed by atoms with Crippen LogP contribution in [0.4, 0.5) is 16.2 Å². The maximum absolute atomic E-state index is 11.6. The summed E-state index contributed by atoms with van der Waals surface area (Å²) < 4.78 is 36.2. The first-order valence-electron chi connectivity index (χ1n) is 18.3. The fraction of sp³-hybridized carbons (Fsp3) is 0.410. The molecule has 6 aliphatic rings. The van der Waals surface area contributed by atoms with E-state index in [2.05, 4.69) is 31.2 Å². The van der Waals surface area contributed by atoms with E-state index in [0.717, 1.165) is 49.2 Å². The molecular weight excluding hydrogens is 751 g/mol. The van der Waals surface area contributed by atoms with Crippen LogP contribution in [0.15, 0.2) is 73.1 Å². The molecule has 0 radical (unpaired) electrons. The Labute approximate surface area is 327 Å². The summed E-state index contributed by atoms with van der Waals surface area (Å²) in [6, 6.07) is 19.3. The lowest BCUT2D eigenvalue weighted by Gasteiger charge is -2.43. The molecule has 0 aliphatic carbocycles. The number of rotatable bonds is 4. The molecule has 4 unspecified atom stereocenters. The third kappa shape index (κ3) is 6.49. The van der Waals surface area contributed by atoms with E-state index in [4.69, 9.17) is 51.6 Å². The van der Waals surface area contributed by atoms with Gasteiger partial charge in [-0.05, 0) is 48.5 Å². The van der Waals surface area contributed by atoms with E-state index < -0.39 is 17.7 Å². The third-order valence-corrected chi connectivity index (χ3v) is 11.4. The number of piperazine rings is 2. The van der Waals surface area contributed by atoms with Gasteiger partial charge in [0.05, 0.1) is 72.0 Å². The summed E-state index contributed by atoms with van der Waals surface area (Å²) in [6.07, 6.45) is 2.25. The van der Waals surface area contributed by atoms with E-state index in [1.165, 1.54) is 4.90 Å². The van der Waals surface area contributed by atoms with Gasteiger partial charge in [-0.3, -0.25) is 14.9 Å². The second-order valence-electron chi connectivity index (χ2n) is 14.4. The first-order valence-corrected chi connectivity index (χ1v) is 19.0. The number of aromatic nitrogens is 2. The Morgan fingerprint density at radius 1 is 0.709 bits per heavy atom. The van der Waals surface area contributed by atoms with Crippen molar-refractivity contribution in [3.63, 3.8) is 0 Å². The van der Waals surface area contributed by atoms with Crippen molar-refractivity contribution in [2.45, 2.75) is 49.6 Å². The Hall–Kier alpha value is -4.73. The van der Waals surface area contributed by atoms with Gasteiger partial charge in [0, 0.05) is 52.4 Å². The number of para-hydroxylation sites is 2. The van der Waals surface area contributed by atoms with Crippen molar-refractivity contribution in [3.05, 3.63) is 94.5 Å². The van der Waals surface area contributed by atoms with Crippen molar-refractivity contribution in [1.29, 1.82) is 0 Å². The predicted molar refractivity (Wildman–Crippen MR) is 203 cm³/mol. The Morgan fingerprint density at radius 2 is 1.25 bits per heavy atom. The van der Waals surface area contributed by atoms with Crippen molar-refractivity contribution in [2.75, 3.05) is 62.4 Å². The summed E-state index contributed by atoms with van der Waals surface area (Å²) in [7, 11) is 0. The van der Waals surface area contributed by atoms with Gasteiger partial charge in [-0.25, -0.2) is 4.79 Å². The third-order valence-electron chi connectivity index (χ3n) is 11.0. The maximum Gasteiger partial charge on any atom is 0.407 e. The normalized spacial score (nSPS) is 28.7. The summed E-state index contributed by atoms with van der Waals surface area (Å²) >= 11 is 11.9. The zero-order valence-corrected chi connectivity index (χ0v) is 31.7. The number of carbonyl (C=O) groups is 1. The van der Waals surface area contributed by atoms with E-state index >= 15 is 0 Å². The van der Waals surface area contributed by atoms with Crippen molar-refractivity contribution >= 4 is 40.7 Å². The fourth-order valence-electron chi connectivity index (χ4n) is 8.27. The number of benzene rings is 2. The van der Waals surface area contributed by atoms with Gasteiger partial charge in [0.1, 0.15) is 11.4 Å². The molecule has 1 amide bonds. The molecule has 2 aromatic heterocycles. The highest BCUT2D eigenvalue weighted by atomic mass is 35.5. The van der Waals surface area contributed by atoms with E-state index in [1.54, 1.807) is 30.6 Å². The molecule has 6 aliphatic heterocycles. The van der Waals surface area contributed by atoms with Crippen LogP contribution >= 0.6 is 23.2 Å². The highest BCUT2D eigenvalue weighted by molar-refractivity contribution is 6.30. The molecule has 10 rings (SSSR count). The minimum atomic E-state index is -1.07. The summed E-state index contributed by atoms with van der Waals surface area (Å²) in [5.41, 5.74) is 3.21. The molecule has 4 fully saturated rings. The van der Waals surface area contributed by atoms with Gasteiger partial charge in [0.2, 0.25) is 0 Å². The number of nitrogens with one attached hydrogen (secondary N) is 1. The van der Waals surface area contributed by atoms with E-state index in [-0.39, 0.29) is 12.1 Å². The summed E-state index contributed by atoms with van der Waals surface area (Å²) in [4.78, 5) is 26.3. The van der Waals surface area contributed by atoms with Crippen molar-refractivity contribution < 1.29 is 38.3 Å². The minimum absolute atomic E-state index is 0.0736. The van der Waals surface area contributed by atoms with Crippen LogP contribution in [-0.2, 0) is 21.0 Å². The highest BCUT2D eigenvalue weighted by Gasteiger charge is 2.47. The first kappa shape index (κ1) is 35.9. The minimum Gasteiger partial charge on any atom is -0.465 e. The van der Waals surface area contributed by atoms with Crippen LogP contribution in [0.2, 0.25) is 10.0 Å². The van der Waals surface area contributed by atoms with Gasteiger partial charge in [-0.1, -0.05) is 35.3 Å². The molecule has 2 aromatic carbocycles. The number of hydrogen-bond donors (Lipinski definition) is 2. The van der Waals surface area contributed by atoms with Crippen LogP contribution in [0.5, 0.6) is 23.0 Å². The smallest absolute Gasteiger partial charge is 0.407 e. The monoisotopic (exact) mass is 790 g/mol. The number of nitrogens with zero attached hydrogens (tertiary/aromatic N) is 5. The number of ether oxygens (including phenoxy) is 6. The predicted octanol–water partition coefficient (Wildman–Crippen LogP) is 5.50. The summed E-state index contributed by atoms with van der Waals surface area (Å²) in [5, 5.41) is 14.2. The van der Waals surface area contributed by atoms with Gasteiger partial charge >= 0.3 is 6.09 Å². The van der Waals surface area contributed by atoms with Crippen LogP contribution in [-0.4, -0.2) is 103 Å².